The highest BCUT2D eigenvalue weighted by molar-refractivity contribution is 7.42. The van der Waals surface area contributed by atoms with Gasteiger partial charge < -0.3 is 13.6 Å². The summed E-state index contributed by atoms with van der Waals surface area (Å²) in [6.45, 7) is 19.7. The molecule has 0 radical (unpaired) electrons. The molecule has 0 aliphatic carbocycles. The Bertz CT molecular complexity index is 910. The monoisotopic (exact) mass is 775 g/mol. The molecule has 0 aliphatic heterocycles. The van der Waals surface area contributed by atoms with Crippen LogP contribution < -0.4 is 4.52 Å². The van der Waals surface area contributed by atoms with Crippen molar-refractivity contribution in [2.75, 3.05) is 13.2 Å². The number of rotatable bonds is 38. The Kier molecular flexibility index (Phi) is 32.7. The van der Waals surface area contributed by atoms with Crippen LogP contribution in [-0.4, -0.2) is 13.2 Å². The van der Waals surface area contributed by atoms with Crippen LogP contribution in [0.3, 0.4) is 0 Å². The van der Waals surface area contributed by atoms with E-state index in [2.05, 4.69) is 73.6 Å². The van der Waals surface area contributed by atoms with Gasteiger partial charge in [-0.25, -0.2) is 0 Å². The van der Waals surface area contributed by atoms with Gasteiger partial charge in [0.15, 0.2) is 0 Å². The van der Waals surface area contributed by atoms with Gasteiger partial charge in [0.25, 0.3) is 0 Å². The lowest BCUT2D eigenvalue weighted by atomic mass is 9.80. The van der Waals surface area contributed by atoms with Gasteiger partial charge in [-0.15, -0.1) is 0 Å². The smallest absolute Gasteiger partial charge is 0.397 e. The number of hydrogen-bond acceptors (Lipinski definition) is 3. The van der Waals surface area contributed by atoms with E-state index in [0.717, 1.165) is 18.6 Å². The van der Waals surface area contributed by atoms with Gasteiger partial charge >= 0.3 is 8.60 Å². The minimum atomic E-state index is -1.43. The summed E-state index contributed by atoms with van der Waals surface area (Å²) in [5.41, 5.74) is 2.64. The maximum absolute atomic E-state index is 6.62. The summed E-state index contributed by atoms with van der Waals surface area (Å²) in [5, 5.41) is 0. The molecule has 1 aromatic rings. The van der Waals surface area contributed by atoms with Gasteiger partial charge in [0.1, 0.15) is 5.75 Å². The van der Waals surface area contributed by atoms with E-state index < -0.39 is 8.60 Å². The third-order valence-electron chi connectivity index (χ3n) is 11.2. The minimum absolute atomic E-state index is 0.0284. The first-order chi connectivity index (χ1) is 26.1. The zero-order valence-electron chi connectivity index (χ0n) is 37.9. The molecule has 0 bridgehead atoms. The van der Waals surface area contributed by atoms with Crippen molar-refractivity contribution in [3.63, 3.8) is 0 Å². The Morgan fingerprint density at radius 3 is 0.963 bits per heavy atom. The van der Waals surface area contributed by atoms with E-state index in [1.165, 1.54) is 204 Å². The molecular formula is C50H95O3P. The van der Waals surface area contributed by atoms with E-state index in [-0.39, 0.29) is 10.8 Å². The maximum Gasteiger partial charge on any atom is 0.397 e. The van der Waals surface area contributed by atoms with Crippen LogP contribution in [0.25, 0.3) is 0 Å². The van der Waals surface area contributed by atoms with Gasteiger partial charge in [0.05, 0.1) is 13.2 Å². The molecule has 0 heterocycles. The van der Waals surface area contributed by atoms with Crippen molar-refractivity contribution >= 4 is 8.60 Å². The van der Waals surface area contributed by atoms with Gasteiger partial charge in [0, 0.05) is 5.56 Å². The van der Waals surface area contributed by atoms with Crippen molar-refractivity contribution in [1.82, 2.24) is 0 Å². The summed E-state index contributed by atoms with van der Waals surface area (Å²) in [6, 6.07) is 6.73. The van der Waals surface area contributed by atoms with Crippen LogP contribution >= 0.6 is 8.60 Å². The fourth-order valence-corrected chi connectivity index (χ4v) is 8.47. The SMILES string of the molecule is CCCCCCCCCCCCCCCCCCOP(OCCCCCCCCCCCCCCCCCC)Oc1ccc(C(C)(C)C)cc1C(C)(C)C. The van der Waals surface area contributed by atoms with E-state index in [1.807, 2.05) is 0 Å². The van der Waals surface area contributed by atoms with Crippen LogP contribution in [0.2, 0.25) is 0 Å². The molecule has 0 atom stereocenters. The standard InChI is InChI=1S/C50H95O3P/c1-9-11-13-15-17-19-21-23-25-27-29-31-33-35-37-39-43-51-54(53-48-42-41-46(49(3,4)5)45-47(48)50(6,7)8)52-44-40-38-36-34-32-30-28-26-24-22-20-18-16-14-12-10-2/h41-42,45H,9-40,43-44H2,1-8H3. The van der Waals surface area contributed by atoms with E-state index in [4.69, 9.17) is 13.6 Å². The van der Waals surface area contributed by atoms with Gasteiger partial charge in [-0.05, 0) is 35.3 Å². The second kappa shape index (κ2) is 34.4. The molecule has 1 rings (SSSR count). The van der Waals surface area contributed by atoms with Crippen LogP contribution in [0.1, 0.15) is 272 Å². The zero-order valence-corrected chi connectivity index (χ0v) is 38.8. The normalized spacial score (nSPS) is 12.3. The first-order valence-electron chi connectivity index (χ1n) is 24.0. The summed E-state index contributed by atoms with van der Waals surface area (Å²) >= 11 is 0. The van der Waals surface area contributed by atoms with Crippen molar-refractivity contribution in [2.45, 2.75) is 272 Å². The van der Waals surface area contributed by atoms with Crippen LogP contribution in [-0.2, 0) is 19.9 Å². The second-order valence-corrected chi connectivity index (χ2v) is 19.9. The van der Waals surface area contributed by atoms with Crippen LogP contribution in [0.15, 0.2) is 18.2 Å². The summed E-state index contributed by atoms with van der Waals surface area (Å²) in [6.07, 6.45) is 44.1. The first kappa shape index (κ1) is 51.4. The van der Waals surface area contributed by atoms with E-state index >= 15 is 0 Å². The summed E-state index contributed by atoms with van der Waals surface area (Å²) in [4.78, 5) is 0. The van der Waals surface area contributed by atoms with Crippen molar-refractivity contribution in [2.24, 2.45) is 0 Å². The molecule has 4 heteroatoms. The molecule has 0 N–H and O–H groups in total. The van der Waals surface area contributed by atoms with Crippen LogP contribution in [0.5, 0.6) is 5.75 Å². The van der Waals surface area contributed by atoms with Gasteiger partial charge in [-0.2, -0.15) is 0 Å². The topological polar surface area (TPSA) is 27.7 Å². The zero-order chi connectivity index (χ0) is 39.6. The molecule has 0 amide bonds. The number of unbranched alkanes of at least 4 members (excludes halogenated alkanes) is 30. The fraction of sp³-hybridized carbons (Fsp3) is 0.880. The highest BCUT2D eigenvalue weighted by atomic mass is 31.2. The van der Waals surface area contributed by atoms with Crippen molar-refractivity contribution in [1.29, 1.82) is 0 Å². The summed E-state index contributed by atoms with van der Waals surface area (Å²) in [7, 11) is -1.43. The Hall–Kier alpha value is -0.630. The second-order valence-electron chi connectivity index (χ2n) is 18.8. The molecule has 0 saturated carbocycles. The summed E-state index contributed by atoms with van der Waals surface area (Å²) in [5.74, 6) is 0.917. The molecule has 0 fully saturated rings. The lowest BCUT2D eigenvalue weighted by molar-refractivity contribution is 0.197. The molecule has 0 aromatic heterocycles. The minimum Gasteiger partial charge on any atom is -0.426 e. The van der Waals surface area contributed by atoms with E-state index in [9.17, 15) is 0 Å². The Morgan fingerprint density at radius 2 is 0.685 bits per heavy atom. The Balaban J connectivity index is 2.36. The van der Waals surface area contributed by atoms with Crippen LogP contribution in [0.4, 0.5) is 0 Å². The molecular weight excluding hydrogens is 680 g/mol. The number of hydrogen-bond donors (Lipinski definition) is 0. The molecule has 54 heavy (non-hydrogen) atoms. The average Bonchev–Trinajstić information content (AvgIpc) is 3.13. The fourth-order valence-electron chi connectivity index (χ4n) is 7.41. The lowest BCUT2D eigenvalue weighted by Gasteiger charge is -2.28. The Labute approximate surface area is 341 Å². The molecule has 3 nitrogen and oxygen atoms in total. The largest absolute Gasteiger partial charge is 0.426 e. The third kappa shape index (κ3) is 29.6. The lowest BCUT2D eigenvalue weighted by Crippen LogP contribution is -2.17. The highest BCUT2D eigenvalue weighted by Crippen LogP contribution is 2.45. The molecule has 0 spiro atoms. The molecule has 0 aliphatic rings. The maximum atomic E-state index is 6.62. The van der Waals surface area contributed by atoms with Crippen LogP contribution in [0, 0.1) is 0 Å². The molecule has 0 saturated heterocycles. The third-order valence-corrected chi connectivity index (χ3v) is 12.3. The van der Waals surface area contributed by atoms with Crippen molar-refractivity contribution in [3.05, 3.63) is 29.3 Å². The van der Waals surface area contributed by atoms with Gasteiger partial charge in [0.2, 0.25) is 0 Å². The van der Waals surface area contributed by atoms with Gasteiger partial charge in [-0.3, -0.25) is 0 Å². The first-order valence-corrected chi connectivity index (χ1v) is 25.1. The predicted molar refractivity (Wildman–Crippen MR) is 242 cm³/mol. The number of benzene rings is 1. The van der Waals surface area contributed by atoms with Crippen molar-refractivity contribution in [3.8, 4) is 5.75 Å². The van der Waals surface area contributed by atoms with Gasteiger partial charge in [-0.1, -0.05) is 260 Å². The molecule has 0 unspecified atom stereocenters. The summed E-state index contributed by atoms with van der Waals surface area (Å²) < 4.78 is 19.4. The highest BCUT2D eigenvalue weighted by Gasteiger charge is 2.26. The molecule has 1 aromatic carbocycles. The van der Waals surface area contributed by atoms with Crippen molar-refractivity contribution < 1.29 is 13.6 Å². The average molecular weight is 775 g/mol. The van der Waals surface area contributed by atoms with E-state index in [1.54, 1.807) is 0 Å². The quantitative estimate of drug-likeness (QED) is 0.0495. The molecule has 318 valence electrons. The Morgan fingerprint density at radius 1 is 0.389 bits per heavy atom. The predicted octanol–water partition coefficient (Wildman–Crippen LogP) is 18.4. The van der Waals surface area contributed by atoms with E-state index in [0.29, 0.717) is 13.2 Å².